The van der Waals surface area contributed by atoms with Gasteiger partial charge in [0.2, 0.25) is 0 Å². The van der Waals surface area contributed by atoms with Crippen LogP contribution in [-0.4, -0.2) is 34.2 Å². The van der Waals surface area contributed by atoms with Crippen LogP contribution in [0.1, 0.15) is 23.7 Å². The lowest BCUT2D eigenvalue weighted by atomic mass is 10.1. The van der Waals surface area contributed by atoms with Crippen molar-refractivity contribution < 1.29 is 9.72 Å². The predicted octanol–water partition coefficient (Wildman–Crippen LogP) is 2.84. The Morgan fingerprint density at radius 2 is 2.06 bits per heavy atom. The summed E-state index contributed by atoms with van der Waals surface area (Å²) in [5, 5.41) is 11.5. The second-order valence-electron chi connectivity index (χ2n) is 3.76. The molecule has 0 radical (unpaired) electrons. The minimum absolute atomic E-state index is 0.141. The Morgan fingerprint density at radius 3 is 2.61 bits per heavy atom. The first kappa shape index (κ1) is 14.6. The summed E-state index contributed by atoms with van der Waals surface area (Å²) >= 11 is 3.28. The third-order valence-electron chi connectivity index (χ3n) is 2.47. The fourth-order valence-electron chi connectivity index (χ4n) is 1.67. The summed E-state index contributed by atoms with van der Waals surface area (Å²) in [5.41, 5.74) is 0.00933. The van der Waals surface area contributed by atoms with Gasteiger partial charge in [-0.15, -0.1) is 0 Å². The molecule has 0 N–H and O–H groups in total. The van der Waals surface area contributed by atoms with Gasteiger partial charge in [0.15, 0.2) is 0 Å². The minimum atomic E-state index is -0.522. The molecule has 0 unspecified atom stereocenters. The molecule has 98 valence electrons. The molecular weight excluding hydrogens is 300 g/mol. The van der Waals surface area contributed by atoms with Gasteiger partial charge < -0.3 is 4.90 Å². The molecule has 1 amide bonds. The number of carbonyl (C=O) groups excluding carboxylic acids is 1. The smallest absolute Gasteiger partial charge is 0.282 e. The zero-order valence-electron chi connectivity index (χ0n) is 10.1. The maximum atomic E-state index is 12.3. The van der Waals surface area contributed by atoms with Crippen molar-refractivity contribution in [3.8, 4) is 0 Å². The number of nitrogens with zero attached hydrogens (tertiary/aromatic N) is 2. The molecule has 0 heterocycles. The molecule has 1 rings (SSSR count). The van der Waals surface area contributed by atoms with Crippen molar-refractivity contribution >= 4 is 27.5 Å². The van der Waals surface area contributed by atoms with Crippen LogP contribution in [0, 0.1) is 10.1 Å². The average Bonchev–Trinajstić information content (AvgIpc) is 2.37. The molecule has 1 aromatic rings. The van der Waals surface area contributed by atoms with Crippen LogP contribution in [0.5, 0.6) is 0 Å². The summed E-state index contributed by atoms with van der Waals surface area (Å²) in [6.07, 6.45) is 0.819. The molecule has 0 aromatic heterocycles. The summed E-state index contributed by atoms with van der Waals surface area (Å²) in [7, 11) is 0. The third-order valence-corrected chi connectivity index (χ3v) is 2.82. The number of rotatable bonds is 6. The lowest BCUT2D eigenvalue weighted by molar-refractivity contribution is -0.385. The predicted molar refractivity (Wildman–Crippen MR) is 73.1 cm³/mol. The van der Waals surface area contributed by atoms with Gasteiger partial charge in [-0.25, -0.2) is 0 Å². The Kier molecular flexibility index (Phi) is 5.77. The Bertz CT molecular complexity index is 431. The summed E-state index contributed by atoms with van der Waals surface area (Å²) in [6, 6.07) is 6.05. The fourth-order valence-corrected chi connectivity index (χ4v) is 2.10. The number of hydrogen-bond acceptors (Lipinski definition) is 3. The minimum Gasteiger partial charge on any atom is -0.338 e. The van der Waals surface area contributed by atoms with E-state index in [1.807, 2.05) is 6.92 Å². The summed E-state index contributed by atoms with van der Waals surface area (Å²) in [5.74, 6) is -0.288. The van der Waals surface area contributed by atoms with Crippen LogP contribution in [0.2, 0.25) is 0 Å². The van der Waals surface area contributed by atoms with Gasteiger partial charge in [0.05, 0.1) is 4.92 Å². The van der Waals surface area contributed by atoms with Gasteiger partial charge in [-0.1, -0.05) is 35.0 Å². The van der Waals surface area contributed by atoms with Crippen molar-refractivity contribution in [3.63, 3.8) is 0 Å². The van der Waals surface area contributed by atoms with Crippen LogP contribution in [-0.2, 0) is 0 Å². The fraction of sp³-hybridized carbons (Fsp3) is 0.417. The molecule has 0 spiro atoms. The molecule has 0 aliphatic carbocycles. The van der Waals surface area contributed by atoms with E-state index in [0.717, 1.165) is 6.42 Å². The molecule has 0 saturated heterocycles. The van der Waals surface area contributed by atoms with Gasteiger partial charge in [-0.3, -0.25) is 14.9 Å². The first-order valence-corrected chi connectivity index (χ1v) is 6.82. The maximum Gasteiger partial charge on any atom is 0.282 e. The Hall–Kier alpha value is -1.43. The monoisotopic (exact) mass is 314 g/mol. The number of amides is 1. The first-order valence-electron chi connectivity index (χ1n) is 5.70. The highest BCUT2D eigenvalue weighted by Crippen LogP contribution is 2.19. The quantitative estimate of drug-likeness (QED) is 0.461. The van der Waals surface area contributed by atoms with Crippen LogP contribution in [0.3, 0.4) is 0 Å². The number of nitro groups is 1. The van der Waals surface area contributed by atoms with E-state index >= 15 is 0 Å². The highest BCUT2D eigenvalue weighted by atomic mass is 79.9. The van der Waals surface area contributed by atoms with Gasteiger partial charge in [0, 0.05) is 24.5 Å². The van der Waals surface area contributed by atoms with Crippen LogP contribution >= 0.6 is 15.9 Å². The molecule has 0 bridgehead atoms. The first-order chi connectivity index (χ1) is 8.61. The van der Waals surface area contributed by atoms with Crippen molar-refractivity contribution in [3.05, 3.63) is 39.9 Å². The van der Waals surface area contributed by atoms with Gasteiger partial charge in [0.1, 0.15) is 5.56 Å². The van der Waals surface area contributed by atoms with Crippen molar-refractivity contribution in [2.24, 2.45) is 0 Å². The van der Waals surface area contributed by atoms with Crippen molar-refractivity contribution in [1.29, 1.82) is 0 Å². The van der Waals surface area contributed by atoms with E-state index in [2.05, 4.69) is 15.9 Å². The normalized spacial score (nSPS) is 10.1. The van der Waals surface area contributed by atoms with Gasteiger partial charge in [-0.2, -0.15) is 0 Å². The molecule has 0 atom stereocenters. The third kappa shape index (κ3) is 3.53. The van der Waals surface area contributed by atoms with Crippen LogP contribution in [0.4, 0.5) is 5.69 Å². The van der Waals surface area contributed by atoms with Crippen molar-refractivity contribution in [1.82, 2.24) is 4.90 Å². The number of hydrogen-bond donors (Lipinski definition) is 0. The van der Waals surface area contributed by atoms with E-state index in [9.17, 15) is 14.9 Å². The summed E-state index contributed by atoms with van der Waals surface area (Å²) < 4.78 is 0. The van der Waals surface area contributed by atoms with E-state index in [-0.39, 0.29) is 17.2 Å². The summed E-state index contributed by atoms with van der Waals surface area (Å²) in [6.45, 7) is 3.10. The standard InChI is InChI=1S/C12H15BrN2O3/c1-2-8-14(9-7-13)12(16)10-5-3-4-6-11(10)15(17)18/h3-6H,2,7-9H2,1H3. The zero-order valence-corrected chi connectivity index (χ0v) is 11.7. The molecule has 0 aliphatic heterocycles. The number of alkyl halides is 1. The Balaban J connectivity index is 3.04. The molecule has 5 nitrogen and oxygen atoms in total. The van der Waals surface area contributed by atoms with Crippen LogP contribution < -0.4 is 0 Å². The van der Waals surface area contributed by atoms with Gasteiger partial charge in [0.25, 0.3) is 11.6 Å². The Labute approximate surface area is 114 Å². The largest absolute Gasteiger partial charge is 0.338 e. The molecule has 0 aliphatic rings. The molecule has 6 heteroatoms. The Morgan fingerprint density at radius 1 is 1.39 bits per heavy atom. The molecule has 0 fully saturated rings. The molecule has 0 saturated carbocycles. The van der Waals surface area contributed by atoms with E-state index in [1.165, 1.54) is 12.1 Å². The molecular formula is C12H15BrN2O3. The highest BCUT2D eigenvalue weighted by molar-refractivity contribution is 9.09. The van der Waals surface area contributed by atoms with Crippen molar-refractivity contribution in [2.75, 3.05) is 18.4 Å². The SMILES string of the molecule is CCCN(CCBr)C(=O)c1ccccc1[N+](=O)[O-]. The second kappa shape index (κ2) is 7.10. The van der Waals surface area contributed by atoms with E-state index < -0.39 is 4.92 Å². The average molecular weight is 315 g/mol. The maximum absolute atomic E-state index is 12.3. The number of carbonyl (C=O) groups is 1. The van der Waals surface area contributed by atoms with Crippen LogP contribution in [0.25, 0.3) is 0 Å². The van der Waals surface area contributed by atoms with Crippen LogP contribution in [0.15, 0.2) is 24.3 Å². The number of halogens is 1. The van der Waals surface area contributed by atoms with Gasteiger partial charge >= 0.3 is 0 Å². The highest BCUT2D eigenvalue weighted by Gasteiger charge is 2.23. The number of nitro benzene ring substituents is 1. The zero-order chi connectivity index (χ0) is 13.5. The topological polar surface area (TPSA) is 63.5 Å². The van der Waals surface area contributed by atoms with Gasteiger partial charge in [-0.05, 0) is 12.5 Å². The number of para-hydroxylation sites is 1. The second-order valence-corrected chi connectivity index (χ2v) is 4.55. The molecule has 1 aromatic carbocycles. The lowest BCUT2D eigenvalue weighted by Gasteiger charge is -2.20. The van der Waals surface area contributed by atoms with E-state index in [4.69, 9.17) is 0 Å². The van der Waals surface area contributed by atoms with E-state index in [0.29, 0.717) is 18.4 Å². The number of benzene rings is 1. The lowest BCUT2D eigenvalue weighted by Crippen LogP contribution is -2.33. The summed E-state index contributed by atoms with van der Waals surface area (Å²) in [4.78, 5) is 24.2. The van der Waals surface area contributed by atoms with Crippen molar-refractivity contribution in [2.45, 2.75) is 13.3 Å². The molecule has 18 heavy (non-hydrogen) atoms. The van der Waals surface area contributed by atoms with E-state index in [1.54, 1.807) is 17.0 Å².